The first-order chi connectivity index (χ1) is 14.6. The first-order valence-electron chi connectivity index (χ1n) is 10.4. The zero-order valence-corrected chi connectivity index (χ0v) is 17.8. The summed E-state index contributed by atoms with van der Waals surface area (Å²) in [4.78, 5) is 26.0. The van der Waals surface area contributed by atoms with Crippen LogP contribution in [0.1, 0.15) is 36.8 Å². The second-order valence-corrected chi connectivity index (χ2v) is 8.20. The third kappa shape index (κ3) is 6.71. The first-order valence-corrected chi connectivity index (χ1v) is 11.2. The number of thiazole rings is 1. The Hall–Kier alpha value is -2.64. The number of hydrogen-bond donors (Lipinski definition) is 3. The number of rotatable bonds is 12. The van der Waals surface area contributed by atoms with Crippen molar-refractivity contribution in [3.8, 4) is 5.75 Å². The number of aromatic amines is 1. The molecular formula is C23H28N2O4S. The SMILES string of the molecule is O=C(CCCCOCCCc1ccccc1)NCCc1ccc(O)c2[nH]c(=O)sc12. The molecule has 160 valence electrons. The summed E-state index contributed by atoms with van der Waals surface area (Å²) in [6.07, 6.45) is 4.79. The number of carbonyl (C=O) groups excluding carboxylic acids is 1. The second-order valence-electron chi connectivity index (χ2n) is 7.22. The highest BCUT2D eigenvalue weighted by Gasteiger charge is 2.10. The molecule has 30 heavy (non-hydrogen) atoms. The third-order valence-electron chi connectivity index (χ3n) is 4.90. The van der Waals surface area contributed by atoms with Crippen LogP contribution < -0.4 is 10.2 Å². The number of nitrogens with one attached hydrogen (secondary N) is 2. The number of benzene rings is 2. The first kappa shape index (κ1) is 22.1. The topological polar surface area (TPSA) is 91.4 Å². The summed E-state index contributed by atoms with van der Waals surface area (Å²) in [6, 6.07) is 13.7. The number of fused-ring (bicyclic) bond motifs is 1. The number of aromatic nitrogens is 1. The number of amides is 1. The molecule has 0 aliphatic carbocycles. The van der Waals surface area contributed by atoms with Gasteiger partial charge in [0.15, 0.2) is 0 Å². The highest BCUT2D eigenvalue weighted by molar-refractivity contribution is 7.16. The Kier molecular flexibility index (Phi) is 8.47. The van der Waals surface area contributed by atoms with Crippen molar-refractivity contribution in [3.63, 3.8) is 0 Å². The van der Waals surface area contributed by atoms with E-state index in [0.29, 0.717) is 31.5 Å². The molecule has 0 saturated heterocycles. The molecule has 0 fully saturated rings. The van der Waals surface area contributed by atoms with Crippen LogP contribution in [-0.4, -0.2) is 35.8 Å². The molecule has 2 aromatic carbocycles. The van der Waals surface area contributed by atoms with Gasteiger partial charge in [0.2, 0.25) is 5.91 Å². The van der Waals surface area contributed by atoms with Crippen LogP contribution in [0.25, 0.3) is 10.2 Å². The standard InChI is InChI=1S/C23H28N2O4S/c26-19-12-11-18(22-21(19)25-23(28)30-22)13-14-24-20(27)10-4-5-15-29-16-6-9-17-7-2-1-3-8-17/h1-3,7-8,11-12,26H,4-6,9-10,13-16H2,(H,24,27)(H,25,28). The minimum atomic E-state index is -0.195. The van der Waals surface area contributed by atoms with Gasteiger partial charge in [0, 0.05) is 26.2 Å². The van der Waals surface area contributed by atoms with E-state index in [1.54, 1.807) is 12.1 Å². The lowest BCUT2D eigenvalue weighted by Gasteiger charge is -2.07. The van der Waals surface area contributed by atoms with Crippen molar-refractivity contribution in [2.45, 2.75) is 38.5 Å². The van der Waals surface area contributed by atoms with E-state index in [1.165, 1.54) is 5.56 Å². The van der Waals surface area contributed by atoms with Gasteiger partial charge in [0.05, 0.1) is 4.70 Å². The highest BCUT2D eigenvalue weighted by Crippen LogP contribution is 2.27. The van der Waals surface area contributed by atoms with Crippen LogP contribution in [0.4, 0.5) is 0 Å². The van der Waals surface area contributed by atoms with Crippen LogP contribution in [0.3, 0.4) is 0 Å². The Morgan fingerprint density at radius 3 is 2.67 bits per heavy atom. The largest absolute Gasteiger partial charge is 0.506 e. The van der Waals surface area contributed by atoms with Gasteiger partial charge in [-0.15, -0.1) is 0 Å². The Morgan fingerprint density at radius 1 is 1.03 bits per heavy atom. The summed E-state index contributed by atoms with van der Waals surface area (Å²) in [6.45, 7) is 1.92. The van der Waals surface area contributed by atoms with Crippen LogP contribution in [0, 0.1) is 0 Å². The molecule has 1 aromatic heterocycles. The highest BCUT2D eigenvalue weighted by atomic mass is 32.1. The maximum absolute atomic E-state index is 12.0. The number of phenolic OH excluding ortho intramolecular Hbond substituents is 1. The van der Waals surface area contributed by atoms with Gasteiger partial charge in [-0.1, -0.05) is 47.7 Å². The van der Waals surface area contributed by atoms with Crippen molar-refractivity contribution in [3.05, 3.63) is 63.3 Å². The number of ether oxygens (including phenoxy) is 1. The van der Waals surface area contributed by atoms with Crippen molar-refractivity contribution in [2.24, 2.45) is 0 Å². The summed E-state index contributed by atoms with van der Waals surface area (Å²) < 4.78 is 6.40. The van der Waals surface area contributed by atoms with Gasteiger partial charge in [-0.05, 0) is 49.3 Å². The number of carbonyl (C=O) groups is 1. The molecule has 1 amide bonds. The van der Waals surface area contributed by atoms with Crippen molar-refractivity contribution >= 4 is 27.5 Å². The van der Waals surface area contributed by atoms with Crippen molar-refractivity contribution in [1.82, 2.24) is 10.3 Å². The van der Waals surface area contributed by atoms with Crippen LogP contribution in [-0.2, 0) is 22.4 Å². The fourth-order valence-electron chi connectivity index (χ4n) is 3.31. The summed E-state index contributed by atoms with van der Waals surface area (Å²) >= 11 is 1.08. The van der Waals surface area contributed by atoms with Gasteiger partial charge in [0.1, 0.15) is 11.3 Å². The van der Waals surface area contributed by atoms with E-state index in [9.17, 15) is 14.7 Å². The zero-order chi connectivity index (χ0) is 21.2. The molecule has 0 unspecified atom stereocenters. The number of aryl methyl sites for hydroxylation is 1. The number of hydrogen-bond acceptors (Lipinski definition) is 5. The predicted molar refractivity (Wildman–Crippen MR) is 120 cm³/mol. The number of aromatic hydroxyl groups is 1. The van der Waals surface area contributed by atoms with E-state index in [2.05, 4.69) is 34.6 Å². The minimum Gasteiger partial charge on any atom is -0.506 e. The quantitative estimate of drug-likeness (QED) is 0.383. The van der Waals surface area contributed by atoms with Crippen LogP contribution in [0.5, 0.6) is 5.75 Å². The summed E-state index contributed by atoms with van der Waals surface area (Å²) in [7, 11) is 0. The van der Waals surface area contributed by atoms with Crippen LogP contribution >= 0.6 is 11.3 Å². The van der Waals surface area contributed by atoms with Gasteiger partial charge >= 0.3 is 4.87 Å². The van der Waals surface area contributed by atoms with Gasteiger partial charge in [-0.2, -0.15) is 0 Å². The minimum absolute atomic E-state index is 0.0244. The average molecular weight is 429 g/mol. The van der Waals surface area contributed by atoms with E-state index >= 15 is 0 Å². The van der Waals surface area contributed by atoms with E-state index < -0.39 is 0 Å². The molecule has 1 heterocycles. The van der Waals surface area contributed by atoms with E-state index in [0.717, 1.165) is 53.9 Å². The molecule has 0 aliphatic heterocycles. The maximum Gasteiger partial charge on any atom is 0.305 e. The lowest BCUT2D eigenvalue weighted by Crippen LogP contribution is -2.25. The third-order valence-corrected chi connectivity index (χ3v) is 5.85. The molecule has 7 heteroatoms. The van der Waals surface area contributed by atoms with Gasteiger partial charge in [-0.3, -0.25) is 9.59 Å². The lowest BCUT2D eigenvalue weighted by atomic mass is 10.1. The Labute approximate surface area is 179 Å². The lowest BCUT2D eigenvalue weighted by molar-refractivity contribution is -0.121. The van der Waals surface area contributed by atoms with Crippen molar-refractivity contribution in [1.29, 1.82) is 0 Å². The normalized spacial score (nSPS) is 11.1. The van der Waals surface area contributed by atoms with E-state index in [4.69, 9.17) is 4.74 Å². The summed E-state index contributed by atoms with van der Waals surface area (Å²) in [5.74, 6) is 0.0924. The number of unbranched alkanes of at least 4 members (excludes halogenated alkanes) is 1. The van der Waals surface area contributed by atoms with Gasteiger partial charge in [-0.25, -0.2) is 0 Å². The van der Waals surface area contributed by atoms with Crippen LogP contribution in [0.15, 0.2) is 47.3 Å². The van der Waals surface area contributed by atoms with Crippen molar-refractivity contribution in [2.75, 3.05) is 19.8 Å². The molecule has 3 aromatic rings. The fourth-order valence-corrected chi connectivity index (χ4v) is 4.21. The molecule has 3 N–H and O–H groups in total. The number of H-pyrrole nitrogens is 1. The molecule has 0 saturated carbocycles. The second kappa shape index (κ2) is 11.5. The molecule has 0 aliphatic rings. The Morgan fingerprint density at radius 2 is 1.83 bits per heavy atom. The molecule has 0 bridgehead atoms. The van der Waals surface area contributed by atoms with E-state index in [-0.39, 0.29) is 16.5 Å². The van der Waals surface area contributed by atoms with Gasteiger partial charge in [0.25, 0.3) is 0 Å². The van der Waals surface area contributed by atoms with E-state index in [1.807, 2.05) is 6.07 Å². The summed E-state index contributed by atoms with van der Waals surface area (Å²) in [5, 5.41) is 12.7. The molecular weight excluding hydrogens is 400 g/mol. The maximum atomic E-state index is 12.0. The van der Waals surface area contributed by atoms with Crippen LogP contribution in [0.2, 0.25) is 0 Å². The zero-order valence-electron chi connectivity index (χ0n) is 17.0. The molecule has 0 spiro atoms. The summed E-state index contributed by atoms with van der Waals surface area (Å²) in [5.41, 5.74) is 2.74. The Balaban J connectivity index is 1.24. The van der Waals surface area contributed by atoms with Gasteiger partial charge < -0.3 is 20.1 Å². The fraction of sp³-hybridized carbons (Fsp3) is 0.391. The molecule has 6 nitrogen and oxygen atoms in total. The molecule has 3 rings (SSSR count). The Bertz CT molecular complexity index is 997. The molecule has 0 atom stereocenters. The predicted octanol–water partition coefficient (Wildman–Crippen LogP) is 3.77. The molecule has 0 radical (unpaired) electrons. The number of phenols is 1. The van der Waals surface area contributed by atoms with Crippen molar-refractivity contribution < 1.29 is 14.6 Å². The smallest absolute Gasteiger partial charge is 0.305 e. The average Bonchev–Trinajstić information content (AvgIpc) is 3.15. The monoisotopic (exact) mass is 428 g/mol.